The van der Waals surface area contributed by atoms with Crippen molar-refractivity contribution in [3.63, 3.8) is 0 Å². The molecule has 1 amide bonds. The fourth-order valence-electron chi connectivity index (χ4n) is 13.1. The predicted octanol–water partition coefficient (Wildman–Crippen LogP) is 17.3. The van der Waals surface area contributed by atoms with Gasteiger partial charge in [0.2, 0.25) is 19.5 Å². The maximum atomic E-state index is 15.8. The zero-order valence-corrected chi connectivity index (χ0v) is 53.6. The van der Waals surface area contributed by atoms with Gasteiger partial charge in [-0.25, -0.2) is 0 Å². The second-order valence-electron chi connectivity index (χ2n) is 25.4. The highest BCUT2D eigenvalue weighted by Gasteiger charge is 2.54. The Hall–Kier alpha value is -7.52. The second kappa shape index (κ2) is 25.8. The van der Waals surface area contributed by atoms with E-state index in [-0.39, 0.29) is 61.5 Å². The van der Waals surface area contributed by atoms with Crippen molar-refractivity contribution in [2.24, 2.45) is 11.3 Å². The van der Waals surface area contributed by atoms with Gasteiger partial charge >= 0.3 is 0 Å². The summed E-state index contributed by atoms with van der Waals surface area (Å²) >= 11 is 1.84. The molecule has 0 bridgehead atoms. The monoisotopic (exact) mass is 1270 g/mol. The Labute approximate surface area is 522 Å². The van der Waals surface area contributed by atoms with E-state index >= 15 is 4.79 Å². The Balaban J connectivity index is 0.839. The van der Waals surface area contributed by atoms with Crippen LogP contribution >= 0.6 is 23.0 Å². The number of hydrogen-bond donors (Lipinski definition) is 0. The first-order valence-electron chi connectivity index (χ1n) is 29.5. The van der Waals surface area contributed by atoms with E-state index in [0.717, 1.165) is 81.1 Å². The van der Waals surface area contributed by atoms with E-state index in [0.29, 0.717) is 28.9 Å². The van der Waals surface area contributed by atoms with Gasteiger partial charge < -0.3 is 37.9 Å². The van der Waals surface area contributed by atoms with Crippen molar-refractivity contribution < 1.29 is 45.8 Å². The van der Waals surface area contributed by atoms with Gasteiger partial charge in [-0.2, -0.15) is 0 Å². The molecule has 3 unspecified atom stereocenters. The van der Waals surface area contributed by atoms with Crippen LogP contribution in [0.4, 0.5) is 5.69 Å². The summed E-state index contributed by atoms with van der Waals surface area (Å²) in [4.78, 5) is 17.6. The first-order chi connectivity index (χ1) is 41.2. The molecular weight excluding hydrogens is 1190 g/mol. The first kappa shape index (κ1) is 61.6. The standard InChI is InChI=1S/C74H80INO10/c1-50-42-71(7,8)44-73(43-50,57-24-36-64(37-25-57)83-49-86-75)56-22-34-60(35-23-56)79-45-76-66-15-13-12-14-65(66)74(69(76)77,58-26-38-67(51(2)40-58)84-46-78-11)59-27-39-68(52(3)41-59)85-48-82-63-32-20-55(21-33-63)72(9,10)54-18-30-62(31-19-54)81-47-80-61-28-16-53(17-29-61)70(4,5)6/h12-41,50H,42-49H2,1-11H3. The van der Waals surface area contributed by atoms with Crippen molar-refractivity contribution in [1.29, 1.82) is 0 Å². The summed E-state index contributed by atoms with van der Waals surface area (Å²) < 4.78 is 53.1. The largest absolute Gasteiger partial charge is 0.473 e. The average molecular weight is 1270 g/mol. The number of hydrogen-bond acceptors (Lipinski definition) is 10. The molecule has 1 aliphatic heterocycles. The molecule has 1 saturated carbocycles. The maximum absolute atomic E-state index is 15.8. The van der Waals surface area contributed by atoms with E-state index < -0.39 is 5.41 Å². The number of rotatable bonds is 23. The topological polar surface area (TPSA) is 103 Å². The van der Waals surface area contributed by atoms with Gasteiger partial charge in [0.05, 0.1) is 5.69 Å². The van der Waals surface area contributed by atoms with E-state index in [4.69, 9.17) is 41.0 Å². The van der Waals surface area contributed by atoms with Crippen molar-refractivity contribution in [2.45, 2.75) is 110 Å². The zero-order valence-electron chi connectivity index (χ0n) is 51.5. The van der Waals surface area contributed by atoms with Crippen molar-refractivity contribution >= 4 is 34.6 Å². The number of aryl methyl sites for hydroxylation is 2. The number of nitrogens with zero attached hydrogens (tertiary/aromatic N) is 1. The van der Waals surface area contributed by atoms with Crippen LogP contribution in [0.2, 0.25) is 0 Å². The fourth-order valence-corrected chi connectivity index (χ4v) is 13.3. The van der Waals surface area contributed by atoms with Crippen molar-refractivity contribution in [3.8, 4) is 40.2 Å². The molecule has 0 saturated heterocycles. The van der Waals surface area contributed by atoms with Gasteiger partial charge in [-0.15, -0.1) is 0 Å². The number of benzene rings is 8. The van der Waals surface area contributed by atoms with Crippen molar-refractivity contribution in [2.75, 3.05) is 45.9 Å². The quantitative estimate of drug-likeness (QED) is 0.0454. The second-order valence-corrected chi connectivity index (χ2v) is 26.0. The molecule has 1 fully saturated rings. The summed E-state index contributed by atoms with van der Waals surface area (Å²) in [5, 5.41) is 0. The van der Waals surface area contributed by atoms with Crippen LogP contribution in [0.15, 0.2) is 182 Å². The Kier molecular flexibility index (Phi) is 18.5. The Morgan fingerprint density at radius 2 is 0.942 bits per heavy atom. The van der Waals surface area contributed by atoms with Crippen LogP contribution < -0.4 is 38.1 Å². The number of carbonyl (C=O) groups excluding carboxylic acids is 1. The molecule has 448 valence electrons. The number of fused-ring (bicyclic) bond motifs is 1. The van der Waals surface area contributed by atoms with Gasteiger partial charge in [-0.3, -0.25) is 12.8 Å². The molecular formula is C74H80INO10. The third-order valence-corrected chi connectivity index (χ3v) is 17.6. The third kappa shape index (κ3) is 13.1. The normalized spacial score (nSPS) is 18.3. The molecule has 0 radical (unpaired) electrons. The molecule has 1 heterocycles. The van der Waals surface area contributed by atoms with E-state index in [2.05, 4.69) is 122 Å². The molecule has 2 aliphatic rings. The molecule has 12 heteroatoms. The molecule has 11 nitrogen and oxygen atoms in total. The predicted molar refractivity (Wildman–Crippen MR) is 348 cm³/mol. The molecule has 0 spiro atoms. The number of anilines is 1. The number of para-hydroxylation sites is 1. The summed E-state index contributed by atoms with van der Waals surface area (Å²) in [5.74, 6) is 5.31. The number of amides is 1. The lowest BCUT2D eigenvalue weighted by Crippen LogP contribution is -2.43. The highest BCUT2D eigenvalue weighted by molar-refractivity contribution is 14.1. The SMILES string of the molecule is COCOc1ccc(C2(c3ccc(OCOc4ccc(C(C)(C)c5ccc(OCOc6ccc(C(C)(C)C)cc6)cc5)cc4)c(C)c3)C(=O)N(COc3ccc(C4(c5ccc(OCOI)cc5)CC(C)CC(C)(C)C4)cc3)c3ccccc32)cc1C. The van der Waals surface area contributed by atoms with Gasteiger partial charge in [0.1, 0.15) is 68.7 Å². The minimum Gasteiger partial charge on any atom is -0.473 e. The highest BCUT2D eigenvalue weighted by atomic mass is 127. The summed E-state index contributed by atoms with van der Waals surface area (Å²) in [7, 11) is 1.60. The average Bonchev–Trinajstić information content (AvgIpc) is 1.56. The molecule has 0 aromatic heterocycles. The van der Waals surface area contributed by atoms with E-state index in [1.165, 1.54) is 16.7 Å². The third-order valence-electron chi connectivity index (χ3n) is 17.3. The van der Waals surface area contributed by atoms with E-state index in [9.17, 15) is 0 Å². The van der Waals surface area contributed by atoms with Gasteiger partial charge in [-0.1, -0.05) is 159 Å². The summed E-state index contributed by atoms with van der Waals surface area (Å²) in [6, 6.07) is 61.4. The minimum atomic E-state index is -1.26. The smallest absolute Gasteiger partial charge is 0.249 e. The molecule has 8 aromatic rings. The van der Waals surface area contributed by atoms with Gasteiger partial charge in [0.15, 0.2) is 20.3 Å². The minimum absolute atomic E-state index is 0.00777. The van der Waals surface area contributed by atoms with Gasteiger partial charge in [0.25, 0.3) is 0 Å². The van der Waals surface area contributed by atoms with Crippen LogP contribution in [-0.2, 0) is 34.3 Å². The lowest BCUT2D eigenvalue weighted by atomic mass is 9.55. The molecule has 86 heavy (non-hydrogen) atoms. The summed E-state index contributed by atoms with van der Waals surface area (Å²) in [6.45, 7) is 22.5. The highest BCUT2D eigenvalue weighted by Crippen LogP contribution is 2.55. The Morgan fingerprint density at radius 1 is 0.512 bits per heavy atom. The molecule has 3 atom stereocenters. The Morgan fingerprint density at radius 3 is 1.41 bits per heavy atom. The fraction of sp³-hybridized carbons (Fsp3) is 0.338. The van der Waals surface area contributed by atoms with Crippen LogP contribution in [0, 0.1) is 25.2 Å². The van der Waals surface area contributed by atoms with Crippen LogP contribution in [0.5, 0.6) is 40.2 Å². The number of carbonyl (C=O) groups is 1. The summed E-state index contributed by atoms with van der Waals surface area (Å²) in [5.41, 5.74) is 9.38. The van der Waals surface area contributed by atoms with Crippen LogP contribution in [-0.4, -0.2) is 46.9 Å². The van der Waals surface area contributed by atoms with Crippen molar-refractivity contribution in [1.82, 2.24) is 0 Å². The molecule has 10 rings (SSSR count). The summed E-state index contributed by atoms with van der Waals surface area (Å²) in [6.07, 6.45) is 3.17. The first-order valence-corrected chi connectivity index (χ1v) is 30.4. The lowest BCUT2D eigenvalue weighted by Gasteiger charge is -2.48. The zero-order chi connectivity index (χ0) is 60.9. The van der Waals surface area contributed by atoms with Gasteiger partial charge in [-0.05, 0) is 179 Å². The van der Waals surface area contributed by atoms with Crippen molar-refractivity contribution in [3.05, 3.63) is 238 Å². The van der Waals surface area contributed by atoms with E-state index in [1.807, 2.05) is 152 Å². The number of ether oxygens (including phenoxy) is 8. The number of methoxy groups -OCH3 is 1. The van der Waals surface area contributed by atoms with Gasteiger partial charge in [0, 0.05) is 23.5 Å². The Bertz CT molecular complexity index is 3600. The molecule has 0 N–H and O–H groups in total. The lowest BCUT2D eigenvalue weighted by molar-refractivity contribution is -0.121. The van der Waals surface area contributed by atoms with Crippen LogP contribution in [0.1, 0.15) is 130 Å². The number of halogens is 1. The van der Waals surface area contributed by atoms with Crippen LogP contribution in [0.25, 0.3) is 0 Å². The van der Waals surface area contributed by atoms with E-state index in [1.54, 1.807) is 12.0 Å². The van der Waals surface area contributed by atoms with Crippen LogP contribution in [0.3, 0.4) is 0 Å². The molecule has 8 aromatic carbocycles. The maximum Gasteiger partial charge on any atom is 0.249 e. The molecule has 1 aliphatic carbocycles.